The predicted octanol–water partition coefficient (Wildman–Crippen LogP) is 4.64. The molecule has 33 heavy (non-hydrogen) atoms. The molecule has 0 atom stereocenters. The fourth-order valence-electron chi connectivity index (χ4n) is 3.43. The second kappa shape index (κ2) is 10.6. The minimum atomic E-state index is -0.417. The molecule has 0 unspecified atom stereocenters. The predicted molar refractivity (Wildman–Crippen MR) is 123 cm³/mol. The maximum atomic E-state index is 12.6. The van der Waals surface area contributed by atoms with Gasteiger partial charge in [0, 0.05) is 16.8 Å². The summed E-state index contributed by atoms with van der Waals surface area (Å²) in [5.74, 6) is 1.81. The molecule has 0 aliphatic rings. The van der Waals surface area contributed by atoms with Gasteiger partial charge in [0.2, 0.25) is 11.7 Å². The quantitative estimate of drug-likeness (QED) is 0.472. The zero-order valence-corrected chi connectivity index (χ0v) is 19.3. The average molecular weight is 453 g/mol. The topological polar surface area (TPSA) is 96.2 Å². The minimum absolute atomic E-state index is 0.0888. The molecule has 0 aliphatic carbocycles. The minimum Gasteiger partial charge on any atom is -0.493 e. The number of benzene rings is 2. The molecule has 0 spiro atoms. The lowest BCUT2D eigenvalue weighted by Crippen LogP contribution is -2.15. The maximum Gasteiger partial charge on any atom is 0.341 e. The van der Waals surface area contributed by atoms with Crippen molar-refractivity contribution < 1.29 is 33.0 Å². The van der Waals surface area contributed by atoms with Crippen LogP contribution in [0.4, 0.5) is 5.69 Å². The first-order chi connectivity index (χ1) is 15.9. The molecule has 1 aromatic heterocycles. The second-order valence-corrected chi connectivity index (χ2v) is 7.10. The van der Waals surface area contributed by atoms with Crippen molar-refractivity contribution in [1.29, 1.82) is 0 Å². The Kier molecular flexibility index (Phi) is 7.61. The van der Waals surface area contributed by atoms with Crippen LogP contribution >= 0.6 is 0 Å². The highest BCUT2D eigenvalue weighted by Crippen LogP contribution is 2.40. The normalized spacial score (nSPS) is 10.5. The van der Waals surface area contributed by atoms with E-state index in [1.165, 1.54) is 21.3 Å². The van der Waals surface area contributed by atoms with Crippen LogP contribution in [0, 0.1) is 6.92 Å². The third kappa shape index (κ3) is 5.28. The van der Waals surface area contributed by atoms with Gasteiger partial charge in [-0.3, -0.25) is 4.79 Å². The zero-order chi connectivity index (χ0) is 24.0. The summed E-state index contributed by atoms with van der Waals surface area (Å²) in [6.45, 7) is 3.76. The molecule has 3 rings (SSSR count). The summed E-state index contributed by atoms with van der Waals surface area (Å²) in [5.41, 5.74) is 2.46. The lowest BCUT2D eigenvalue weighted by atomic mass is 10.1. The summed E-state index contributed by atoms with van der Waals surface area (Å²) in [4.78, 5) is 24.6. The molecule has 1 amide bonds. The number of methoxy groups -OCH3 is 3. The molecule has 1 N–H and O–H groups in total. The Morgan fingerprint density at radius 3 is 2.24 bits per heavy atom. The van der Waals surface area contributed by atoms with Crippen LogP contribution in [0.15, 0.2) is 46.9 Å². The first kappa shape index (κ1) is 23.7. The van der Waals surface area contributed by atoms with E-state index in [4.69, 9.17) is 23.4 Å². The number of amides is 1. The zero-order valence-electron chi connectivity index (χ0n) is 19.3. The molecular formula is C25H27NO7. The molecule has 0 saturated heterocycles. The van der Waals surface area contributed by atoms with Gasteiger partial charge in [-0.1, -0.05) is 6.07 Å². The Labute approximate surface area is 192 Å². The Bertz CT molecular complexity index is 1130. The van der Waals surface area contributed by atoms with Gasteiger partial charge in [0.05, 0.1) is 34.4 Å². The molecule has 8 heteroatoms. The Morgan fingerprint density at radius 2 is 1.64 bits per heavy atom. The van der Waals surface area contributed by atoms with Gasteiger partial charge in [-0.25, -0.2) is 4.79 Å². The SMILES string of the molecule is CCOC(=O)c1cc(-c2ccc(NC(=O)Cc3ccc(OC)c(OC)c3OC)cc2)oc1C. The van der Waals surface area contributed by atoms with E-state index in [9.17, 15) is 9.59 Å². The van der Waals surface area contributed by atoms with Crippen LogP contribution in [-0.2, 0) is 16.0 Å². The van der Waals surface area contributed by atoms with Crippen molar-refractivity contribution in [3.05, 3.63) is 59.4 Å². The van der Waals surface area contributed by atoms with Crippen LogP contribution in [0.1, 0.15) is 28.6 Å². The molecule has 8 nitrogen and oxygen atoms in total. The average Bonchev–Trinajstić information content (AvgIpc) is 3.20. The van der Waals surface area contributed by atoms with E-state index in [1.54, 1.807) is 56.3 Å². The third-order valence-corrected chi connectivity index (χ3v) is 5.00. The molecule has 0 saturated carbocycles. The van der Waals surface area contributed by atoms with Gasteiger partial charge in [0.15, 0.2) is 11.5 Å². The number of carbonyl (C=O) groups excluding carboxylic acids is 2. The maximum absolute atomic E-state index is 12.6. The molecular weight excluding hydrogens is 426 g/mol. The van der Waals surface area contributed by atoms with E-state index in [2.05, 4.69) is 5.32 Å². The lowest BCUT2D eigenvalue weighted by molar-refractivity contribution is -0.115. The van der Waals surface area contributed by atoms with Gasteiger partial charge in [0.25, 0.3) is 0 Å². The molecule has 3 aromatic rings. The monoisotopic (exact) mass is 453 g/mol. The van der Waals surface area contributed by atoms with Crippen molar-refractivity contribution in [2.24, 2.45) is 0 Å². The fraction of sp³-hybridized carbons (Fsp3) is 0.280. The van der Waals surface area contributed by atoms with Crippen LogP contribution in [0.5, 0.6) is 17.2 Å². The van der Waals surface area contributed by atoms with Crippen molar-refractivity contribution in [1.82, 2.24) is 0 Å². The largest absolute Gasteiger partial charge is 0.493 e. The summed E-state index contributed by atoms with van der Waals surface area (Å²) >= 11 is 0. The van der Waals surface area contributed by atoms with E-state index < -0.39 is 5.97 Å². The molecule has 0 radical (unpaired) electrons. The van der Waals surface area contributed by atoms with E-state index in [-0.39, 0.29) is 12.3 Å². The number of hydrogen-bond donors (Lipinski definition) is 1. The van der Waals surface area contributed by atoms with Gasteiger partial charge >= 0.3 is 5.97 Å². The smallest absolute Gasteiger partial charge is 0.341 e. The van der Waals surface area contributed by atoms with Crippen LogP contribution in [0.3, 0.4) is 0 Å². The lowest BCUT2D eigenvalue weighted by Gasteiger charge is -2.15. The summed E-state index contributed by atoms with van der Waals surface area (Å²) in [5, 5.41) is 2.87. The highest BCUT2D eigenvalue weighted by molar-refractivity contribution is 5.93. The summed E-state index contributed by atoms with van der Waals surface area (Å²) < 4.78 is 26.8. The van der Waals surface area contributed by atoms with E-state index in [0.717, 1.165) is 5.56 Å². The molecule has 0 fully saturated rings. The summed E-state index contributed by atoms with van der Waals surface area (Å²) in [6.07, 6.45) is 0.0888. The van der Waals surface area contributed by atoms with Crippen molar-refractivity contribution in [2.75, 3.05) is 33.3 Å². The first-order valence-electron chi connectivity index (χ1n) is 10.4. The van der Waals surface area contributed by atoms with Crippen LogP contribution in [0.25, 0.3) is 11.3 Å². The molecule has 0 aliphatic heterocycles. The van der Waals surface area contributed by atoms with Crippen LogP contribution in [-0.4, -0.2) is 39.8 Å². The van der Waals surface area contributed by atoms with Gasteiger partial charge in [-0.15, -0.1) is 0 Å². The molecule has 174 valence electrons. The number of furan rings is 1. The van der Waals surface area contributed by atoms with E-state index in [1.807, 2.05) is 0 Å². The van der Waals surface area contributed by atoms with Crippen molar-refractivity contribution in [3.63, 3.8) is 0 Å². The van der Waals surface area contributed by atoms with Crippen molar-refractivity contribution in [3.8, 4) is 28.6 Å². The number of esters is 1. The first-order valence-corrected chi connectivity index (χ1v) is 10.4. The van der Waals surface area contributed by atoms with Crippen molar-refractivity contribution in [2.45, 2.75) is 20.3 Å². The molecule has 0 bridgehead atoms. The Hall–Kier alpha value is -3.94. The number of anilines is 1. The Morgan fingerprint density at radius 1 is 0.939 bits per heavy atom. The van der Waals surface area contributed by atoms with Gasteiger partial charge in [-0.2, -0.15) is 0 Å². The van der Waals surface area contributed by atoms with E-state index >= 15 is 0 Å². The van der Waals surface area contributed by atoms with Crippen LogP contribution in [0.2, 0.25) is 0 Å². The number of aryl methyl sites for hydroxylation is 1. The number of rotatable bonds is 9. The molecule has 2 aromatic carbocycles. The number of carbonyl (C=O) groups is 2. The number of nitrogens with one attached hydrogen (secondary N) is 1. The van der Waals surface area contributed by atoms with Gasteiger partial charge in [-0.05, 0) is 50.2 Å². The highest BCUT2D eigenvalue weighted by atomic mass is 16.5. The third-order valence-electron chi connectivity index (χ3n) is 5.00. The van der Waals surface area contributed by atoms with Crippen molar-refractivity contribution >= 4 is 17.6 Å². The number of ether oxygens (including phenoxy) is 4. The second-order valence-electron chi connectivity index (χ2n) is 7.10. The fourth-order valence-corrected chi connectivity index (χ4v) is 3.43. The summed E-state index contributed by atoms with van der Waals surface area (Å²) in [7, 11) is 4.57. The molecule has 1 heterocycles. The summed E-state index contributed by atoms with van der Waals surface area (Å²) in [6, 6.07) is 12.3. The standard InChI is InChI=1S/C25H27NO7/c1-6-32-25(28)19-14-21(33-15(19)2)16-7-10-18(11-8-16)26-22(27)13-17-9-12-20(29-3)24(31-5)23(17)30-4/h7-12,14H,6,13H2,1-5H3,(H,26,27). The van der Waals surface area contributed by atoms with Gasteiger partial charge < -0.3 is 28.7 Å². The van der Waals surface area contributed by atoms with E-state index in [0.29, 0.717) is 52.2 Å². The van der Waals surface area contributed by atoms with Crippen LogP contribution < -0.4 is 19.5 Å². The Balaban J connectivity index is 1.72. The number of hydrogen-bond acceptors (Lipinski definition) is 7. The van der Waals surface area contributed by atoms with Gasteiger partial charge in [0.1, 0.15) is 17.1 Å². The highest BCUT2D eigenvalue weighted by Gasteiger charge is 2.19.